The van der Waals surface area contributed by atoms with E-state index in [1.165, 1.54) is 32.4 Å². The lowest BCUT2D eigenvalue weighted by Crippen LogP contribution is -2.40. The topological polar surface area (TPSA) is 48.9 Å². The first-order valence-corrected chi connectivity index (χ1v) is 9.51. The zero-order chi connectivity index (χ0) is 16.9. The number of guanidine groups is 1. The molecule has 1 rings (SSSR count). The second-order valence-electron chi connectivity index (χ2n) is 6.77. The molecule has 0 spiro atoms. The summed E-state index contributed by atoms with van der Waals surface area (Å²) in [5.41, 5.74) is 0. The standard InChI is InChI=1S/C18H38N4O.HI/c1-5-17(22-11-7-8-12-22)14-21-18(19-6-2)20-10-9-13-23-15-16(3)4;/h16-17H,5-15H2,1-4H3,(H2,19,20,21);1H. The lowest BCUT2D eigenvalue weighted by atomic mass is 10.2. The van der Waals surface area contributed by atoms with Crippen molar-refractivity contribution in [2.45, 2.75) is 59.4 Å². The van der Waals surface area contributed by atoms with Crippen LogP contribution in [0.1, 0.15) is 53.4 Å². The van der Waals surface area contributed by atoms with E-state index in [9.17, 15) is 0 Å². The van der Waals surface area contributed by atoms with E-state index < -0.39 is 0 Å². The molecule has 144 valence electrons. The van der Waals surface area contributed by atoms with Gasteiger partial charge in [0.05, 0.1) is 6.54 Å². The van der Waals surface area contributed by atoms with Crippen LogP contribution in [0, 0.1) is 5.92 Å². The van der Waals surface area contributed by atoms with E-state index in [0.29, 0.717) is 12.0 Å². The van der Waals surface area contributed by atoms with Crippen molar-refractivity contribution in [3.63, 3.8) is 0 Å². The number of rotatable bonds is 11. The number of ether oxygens (including phenoxy) is 1. The first-order valence-electron chi connectivity index (χ1n) is 9.51. The molecule has 0 bridgehead atoms. The Morgan fingerprint density at radius 2 is 1.88 bits per heavy atom. The molecule has 1 fully saturated rings. The van der Waals surface area contributed by atoms with Crippen molar-refractivity contribution in [2.75, 3.05) is 45.9 Å². The van der Waals surface area contributed by atoms with Crippen LogP contribution in [0.15, 0.2) is 4.99 Å². The van der Waals surface area contributed by atoms with Gasteiger partial charge in [0, 0.05) is 32.3 Å². The maximum atomic E-state index is 5.61. The summed E-state index contributed by atoms with van der Waals surface area (Å²) in [6.45, 7) is 15.6. The second kappa shape index (κ2) is 15.2. The van der Waals surface area contributed by atoms with Gasteiger partial charge in [0.15, 0.2) is 5.96 Å². The van der Waals surface area contributed by atoms with Crippen LogP contribution in [0.3, 0.4) is 0 Å². The van der Waals surface area contributed by atoms with Gasteiger partial charge in [-0.1, -0.05) is 20.8 Å². The van der Waals surface area contributed by atoms with Gasteiger partial charge in [-0.25, -0.2) is 0 Å². The van der Waals surface area contributed by atoms with Gasteiger partial charge in [-0.05, 0) is 51.6 Å². The molecule has 0 aromatic carbocycles. The van der Waals surface area contributed by atoms with Gasteiger partial charge in [-0.3, -0.25) is 9.89 Å². The molecule has 1 aliphatic rings. The molecule has 0 aliphatic carbocycles. The van der Waals surface area contributed by atoms with Gasteiger partial charge in [-0.15, -0.1) is 24.0 Å². The molecule has 1 atom stereocenters. The predicted molar refractivity (Wildman–Crippen MR) is 115 cm³/mol. The lowest BCUT2D eigenvalue weighted by molar-refractivity contribution is 0.108. The van der Waals surface area contributed by atoms with Crippen LogP contribution in [-0.2, 0) is 4.74 Å². The van der Waals surface area contributed by atoms with Crippen LogP contribution in [0.25, 0.3) is 0 Å². The fourth-order valence-electron chi connectivity index (χ4n) is 2.85. The summed E-state index contributed by atoms with van der Waals surface area (Å²) in [4.78, 5) is 7.38. The molecular weight excluding hydrogens is 415 g/mol. The van der Waals surface area contributed by atoms with Crippen molar-refractivity contribution in [3.05, 3.63) is 0 Å². The zero-order valence-corrected chi connectivity index (χ0v) is 18.5. The molecule has 0 aromatic rings. The molecule has 0 radical (unpaired) electrons. The molecule has 6 heteroatoms. The summed E-state index contributed by atoms with van der Waals surface area (Å²) in [6, 6.07) is 0.585. The Morgan fingerprint density at radius 3 is 2.46 bits per heavy atom. The third-order valence-electron chi connectivity index (χ3n) is 4.14. The van der Waals surface area contributed by atoms with Gasteiger partial charge >= 0.3 is 0 Å². The Morgan fingerprint density at radius 1 is 1.17 bits per heavy atom. The van der Waals surface area contributed by atoms with Crippen LogP contribution in [0.5, 0.6) is 0 Å². The highest BCUT2D eigenvalue weighted by Gasteiger charge is 2.19. The van der Waals surface area contributed by atoms with E-state index in [2.05, 4.69) is 43.2 Å². The fourth-order valence-corrected chi connectivity index (χ4v) is 2.85. The second-order valence-corrected chi connectivity index (χ2v) is 6.77. The first-order chi connectivity index (χ1) is 11.2. The van der Waals surface area contributed by atoms with E-state index in [1.54, 1.807) is 0 Å². The first kappa shape index (κ1) is 23.9. The molecule has 0 aromatic heterocycles. The Hall–Kier alpha value is -0.0800. The summed E-state index contributed by atoms with van der Waals surface area (Å²) >= 11 is 0. The van der Waals surface area contributed by atoms with E-state index in [-0.39, 0.29) is 24.0 Å². The van der Waals surface area contributed by atoms with Crippen molar-refractivity contribution in [1.29, 1.82) is 0 Å². The van der Waals surface area contributed by atoms with Crippen LogP contribution < -0.4 is 10.6 Å². The SMILES string of the molecule is CCNC(=NCC(CC)N1CCCC1)NCCCOCC(C)C.I. The van der Waals surface area contributed by atoms with Crippen molar-refractivity contribution < 1.29 is 4.74 Å². The quantitative estimate of drug-likeness (QED) is 0.218. The van der Waals surface area contributed by atoms with Crippen LogP contribution in [-0.4, -0.2) is 62.8 Å². The van der Waals surface area contributed by atoms with E-state index in [1.807, 2.05) is 0 Å². The van der Waals surface area contributed by atoms with Gasteiger partial charge in [0.1, 0.15) is 0 Å². The predicted octanol–water partition coefficient (Wildman–Crippen LogP) is 3.10. The van der Waals surface area contributed by atoms with Gasteiger partial charge in [0.2, 0.25) is 0 Å². The smallest absolute Gasteiger partial charge is 0.191 e. The molecule has 1 saturated heterocycles. The number of hydrogen-bond donors (Lipinski definition) is 2. The maximum Gasteiger partial charge on any atom is 0.191 e. The fraction of sp³-hybridized carbons (Fsp3) is 0.944. The normalized spacial score (nSPS) is 17.0. The third-order valence-corrected chi connectivity index (χ3v) is 4.14. The summed E-state index contributed by atoms with van der Waals surface area (Å²) in [5.74, 6) is 1.55. The Kier molecular flexibility index (Phi) is 15.1. The van der Waals surface area contributed by atoms with E-state index in [4.69, 9.17) is 9.73 Å². The highest BCUT2D eigenvalue weighted by Crippen LogP contribution is 2.14. The van der Waals surface area contributed by atoms with Crippen molar-refractivity contribution >= 4 is 29.9 Å². The highest BCUT2D eigenvalue weighted by molar-refractivity contribution is 14.0. The Bertz CT molecular complexity index is 320. The minimum atomic E-state index is 0. The summed E-state index contributed by atoms with van der Waals surface area (Å²) in [5, 5.41) is 6.76. The lowest BCUT2D eigenvalue weighted by Gasteiger charge is -2.25. The van der Waals surface area contributed by atoms with Crippen LogP contribution in [0.2, 0.25) is 0 Å². The Labute approximate surface area is 166 Å². The number of nitrogens with zero attached hydrogens (tertiary/aromatic N) is 2. The molecule has 0 saturated carbocycles. The minimum absolute atomic E-state index is 0. The molecule has 1 unspecified atom stereocenters. The van der Waals surface area contributed by atoms with Crippen LogP contribution in [0.4, 0.5) is 0 Å². The van der Waals surface area contributed by atoms with Crippen molar-refractivity contribution in [3.8, 4) is 0 Å². The van der Waals surface area contributed by atoms with Crippen LogP contribution >= 0.6 is 24.0 Å². The van der Waals surface area contributed by atoms with Crippen molar-refractivity contribution in [1.82, 2.24) is 15.5 Å². The molecule has 1 aliphatic heterocycles. The minimum Gasteiger partial charge on any atom is -0.381 e. The Balaban J connectivity index is 0.00000529. The number of hydrogen-bond acceptors (Lipinski definition) is 3. The number of aliphatic imine (C=N–C) groups is 1. The summed E-state index contributed by atoms with van der Waals surface area (Å²) in [7, 11) is 0. The summed E-state index contributed by atoms with van der Waals surface area (Å²) < 4.78 is 5.61. The molecular formula is C18H39IN4O. The number of likely N-dealkylation sites (tertiary alicyclic amines) is 1. The average molecular weight is 454 g/mol. The summed E-state index contributed by atoms with van der Waals surface area (Å²) in [6.07, 6.45) is 4.87. The average Bonchev–Trinajstić information content (AvgIpc) is 3.05. The third kappa shape index (κ3) is 10.7. The molecule has 24 heavy (non-hydrogen) atoms. The molecule has 5 nitrogen and oxygen atoms in total. The monoisotopic (exact) mass is 454 g/mol. The zero-order valence-electron chi connectivity index (χ0n) is 16.1. The van der Waals surface area contributed by atoms with E-state index in [0.717, 1.165) is 45.2 Å². The van der Waals surface area contributed by atoms with E-state index >= 15 is 0 Å². The molecule has 0 amide bonds. The largest absolute Gasteiger partial charge is 0.381 e. The van der Waals surface area contributed by atoms with Gasteiger partial charge in [0.25, 0.3) is 0 Å². The maximum absolute atomic E-state index is 5.61. The van der Waals surface area contributed by atoms with Gasteiger partial charge < -0.3 is 15.4 Å². The van der Waals surface area contributed by atoms with Gasteiger partial charge in [-0.2, -0.15) is 0 Å². The number of nitrogens with one attached hydrogen (secondary N) is 2. The molecule has 1 heterocycles. The highest BCUT2D eigenvalue weighted by atomic mass is 127. The molecule has 2 N–H and O–H groups in total. The number of halogens is 1. The van der Waals surface area contributed by atoms with Crippen molar-refractivity contribution in [2.24, 2.45) is 10.9 Å².